The van der Waals surface area contributed by atoms with Crippen LogP contribution in [-0.4, -0.2) is 24.5 Å². The van der Waals surface area contributed by atoms with E-state index >= 15 is 0 Å². The van der Waals surface area contributed by atoms with Crippen molar-refractivity contribution in [2.45, 2.75) is 44.9 Å². The van der Waals surface area contributed by atoms with E-state index in [-0.39, 0.29) is 30.9 Å². The molecular formula is C45H36IrN5-. The predicted octanol–water partition coefficient (Wildman–Crippen LogP) is 10.8. The summed E-state index contributed by atoms with van der Waals surface area (Å²) in [6.45, 7) is 9.33. The molecule has 6 heteroatoms. The first-order valence-corrected chi connectivity index (χ1v) is 17.2. The van der Waals surface area contributed by atoms with Gasteiger partial charge < -0.3 is 9.55 Å². The van der Waals surface area contributed by atoms with Gasteiger partial charge >= 0.3 is 0 Å². The SMILES string of the molecule is CC1(C)CC(C)(C)c2cc(-c3ccc(-c4nc(-c5ccccc5)nc(-c5ccc6c(c5)c5ccccc5n6-c5ccccc5)n4)cn3)[c-]cc21.[Ir]. The molecule has 0 saturated heterocycles. The van der Waals surface area contributed by atoms with Crippen molar-refractivity contribution in [2.75, 3.05) is 0 Å². The minimum atomic E-state index is 0. The molecular weight excluding hydrogens is 803 g/mol. The van der Waals surface area contributed by atoms with Gasteiger partial charge in [0.05, 0.1) is 11.0 Å². The zero-order chi connectivity index (χ0) is 34.0. The normalized spacial score (nSPS) is 14.4. The average Bonchev–Trinajstić information content (AvgIpc) is 3.58. The Bertz CT molecular complexity index is 2550. The quantitative estimate of drug-likeness (QED) is 0.162. The van der Waals surface area contributed by atoms with Crippen molar-refractivity contribution in [1.82, 2.24) is 24.5 Å². The van der Waals surface area contributed by atoms with Crippen molar-refractivity contribution in [1.29, 1.82) is 0 Å². The number of hydrogen-bond acceptors (Lipinski definition) is 4. The third kappa shape index (κ3) is 5.69. The summed E-state index contributed by atoms with van der Waals surface area (Å²) in [4.78, 5) is 20.0. The number of hydrogen-bond donors (Lipinski definition) is 0. The van der Waals surface area contributed by atoms with Gasteiger partial charge in [0, 0.05) is 59.5 Å². The molecule has 0 unspecified atom stereocenters. The topological polar surface area (TPSA) is 56.5 Å². The predicted molar refractivity (Wildman–Crippen MR) is 203 cm³/mol. The number of fused-ring (bicyclic) bond motifs is 4. The number of pyridine rings is 1. The number of aromatic nitrogens is 5. The zero-order valence-corrected chi connectivity index (χ0v) is 31.4. The molecule has 8 aromatic rings. The van der Waals surface area contributed by atoms with Gasteiger partial charge in [-0.15, -0.1) is 34.9 Å². The Morgan fingerprint density at radius 1 is 0.569 bits per heavy atom. The van der Waals surface area contributed by atoms with E-state index in [1.807, 2.05) is 42.6 Å². The molecule has 9 rings (SSSR count). The van der Waals surface area contributed by atoms with Crippen LogP contribution in [-0.2, 0) is 30.9 Å². The molecule has 0 bridgehead atoms. The average molecular weight is 839 g/mol. The van der Waals surface area contributed by atoms with Crippen molar-refractivity contribution < 1.29 is 20.1 Å². The van der Waals surface area contributed by atoms with Gasteiger partial charge in [-0.3, -0.25) is 0 Å². The molecule has 5 aromatic carbocycles. The van der Waals surface area contributed by atoms with Gasteiger partial charge in [0.15, 0.2) is 17.5 Å². The number of benzene rings is 5. The first-order valence-electron chi connectivity index (χ1n) is 17.2. The molecule has 1 aliphatic rings. The first kappa shape index (κ1) is 32.9. The third-order valence-electron chi connectivity index (χ3n) is 10.2. The van der Waals surface area contributed by atoms with Crippen LogP contribution in [0, 0.1) is 6.07 Å². The maximum absolute atomic E-state index is 5.06. The molecule has 0 amide bonds. The molecule has 251 valence electrons. The fourth-order valence-corrected chi connectivity index (χ4v) is 8.06. The van der Waals surface area contributed by atoms with Gasteiger partial charge in [0.1, 0.15) is 0 Å². The number of para-hydroxylation sites is 2. The standard InChI is InChI=1S/C45H36N5.Ir/c1-44(2)28-45(3,4)37-26-30(19-22-36(37)44)38-23-20-32(27-46-38)43-48-41(29-13-7-5-8-14-29)47-42(49-43)31-21-24-40-35(25-31)34-17-11-12-18-39(34)50(40)33-15-9-6-10-16-33;/h5-18,20-27H,28H2,1-4H3;/q-1;. The van der Waals surface area contributed by atoms with Gasteiger partial charge in [0.2, 0.25) is 0 Å². The van der Waals surface area contributed by atoms with Crippen LogP contribution in [0.25, 0.3) is 72.9 Å². The molecule has 0 N–H and O–H groups in total. The van der Waals surface area contributed by atoms with E-state index in [4.69, 9.17) is 19.9 Å². The smallest absolute Gasteiger partial charge is 0.165 e. The second-order valence-corrected chi connectivity index (χ2v) is 14.6. The van der Waals surface area contributed by atoms with Crippen molar-refractivity contribution in [3.8, 4) is 51.1 Å². The molecule has 0 saturated carbocycles. The Balaban J connectivity index is 0.00000374. The Morgan fingerprint density at radius 3 is 1.90 bits per heavy atom. The van der Waals surface area contributed by atoms with E-state index in [2.05, 4.69) is 129 Å². The van der Waals surface area contributed by atoms with Crippen molar-refractivity contribution >= 4 is 21.8 Å². The monoisotopic (exact) mass is 839 g/mol. The molecule has 3 heterocycles. The van der Waals surface area contributed by atoms with Crippen LogP contribution in [0.5, 0.6) is 0 Å². The maximum atomic E-state index is 5.06. The number of nitrogens with zero attached hydrogens (tertiary/aromatic N) is 5. The third-order valence-corrected chi connectivity index (χ3v) is 10.2. The first-order chi connectivity index (χ1) is 24.2. The summed E-state index contributed by atoms with van der Waals surface area (Å²) in [6, 6.07) is 47.7. The minimum Gasteiger partial charge on any atom is -0.309 e. The van der Waals surface area contributed by atoms with E-state index in [0.717, 1.165) is 56.5 Å². The van der Waals surface area contributed by atoms with Crippen LogP contribution in [0.1, 0.15) is 45.2 Å². The molecule has 5 nitrogen and oxygen atoms in total. The second-order valence-electron chi connectivity index (χ2n) is 14.6. The van der Waals surface area contributed by atoms with E-state index in [1.165, 1.54) is 16.5 Å². The van der Waals surface area contributed by atoms with E-state index < -0.39 is 0 Å². The second kappa shape index (κ2) is 12.5. The van der Waals surface area contributed by atoms with Crippen LogP contribution in [0.3, 0.4) is 0 Å². The summed E-state index contributed by atoms with van der Waals surface area (Å²) >= 11 is 0. The Labute approximate surface area is 311 Å². The summed E-state index contributed by atoms with van der Waals surface area (Å²) in [5.41, 5.74) is 11.0. The van der Waals surface area contributed by atoms with Crippen molar-refractivity contribution in [2.24, 2.45) is 0 Å². The van der Waals surface area contributed by atoms with E-state index in [1.54, 1.807) is 0 Å². The van der Waals surface area contributed by atoms with Crippen LogP contribution >= 0.6 is 0 Å². The Kier molecular flexibility index (Phi) is 8.05. The summed E-state index contributed by atoms with van der Waals surface area (Å²) in [7, 11) is 0. The van der Waals surface area contributed by atoms with Crippen LogP contribution in [0.4, 0.5) is 0 Å². The fourth-order valence-electron chi connectivity index (χ4n) is 8.06. The maximum Gasteiger partial charge on any atom is 0.165 e. The fraction of sp³-hybridized carbons (Fsp3) is 0.156. The molecule has 3 aromatic heterocycles. The molecule has 0 spiro atoms. The summed E-state index contributed by atoms with van der Waals surface area (Å²) < 4.78 is 2.32. The van der Waals surface area contributed by atoms with Gasteiger partial charge in [0.25, 0.3) is 0 Å². The van der Waals surface area contributed by atoms with Crippen LogP contribution < -0.4 is 0 Å². The van der Waals surface area contributed by atoms with Crippen molar-refractivity contribution in [3.05, 3.63) is 151 Å². The molecule has 0 aliphatic heterocycles. The summed E-state index contributed by atoms with van der Waals surface area (Å²) in [5.74, 6) is 1.83. The molecule has 51 heavy (non-hydrogen) atoms. The molecule has 0 atom stereocenters. The van der Waals surface area contributed by atoms with E-state index in [9.17, 15) is 0 Å². The zero-order valence-electron chi connectivity index (χ0n) is 29.0. The largest absolute Gasteiger partial charge is 0.309 e. The molecule has 1 radical (unpaired) electrons. The van der Waals surface area contributed by atoms with Gasteiger partial charge in [-0.25, -0.2) is 15.0 Å². The molecule has 0 fully saturated rings. The summed E-state index contributed by atoms with van der Waals surface area (Å²) in [5, 5.41) is 2.33. The van der Waals surface area contributed by atoms with Gasteiger partial charge in [-0.2, -0.15) is 0 Å². The Morgan fingerprint density at radius 2 is 1.18 bits per heavy atom. The van der Waals surface area contributed by atoms with Gasteiger partial charge in [-0.1, -0.05) is 107 Å². The van der Waals surface area contributed by atoms with E-state index in [0.29, 0.717) is 17.5 Å². The van der Waals surface area contributed by atoms with Crippen LogP contribution in [0.15, 0.2) is 134 Å². The Hall–Kier alpha value is -5.29. The summed E-state index contributed by atoms with van der Waals surface area (Å²) in [6.07, 6.45) is 2.99. The number of rotatable bonds is 5. The van der Waals surface area contributed by atoms with Crippen molar-refractivity contribution in [3.63, 3.8) is 0 Å². The van der Waals surface area contributed by atoms with Gasteiger partial charge in [-0.05, 0) is 59.3 Å². The van der Waals surface area contributed by atoms with Crippen LogP contribution in [0.2, 0.25) is 0 Å². The molecule has 1 aliphatic carbocycles. The minimum absolute atomic E-state index is 0.